The molecular formula is C20H16O2. The summed E-state index contributed by atoms with van der Waals surface area (Å²) in [6.45, 7) is 0.260. The van der Waals surface area contributed by atoms with Gasteiger partial charge in [-0.1, -0.05) is 42.3 Å². The Labute approximate surface area is 130 Å². The highest BCUT2D eigenvalue weighted by atomic mass is 16.5. The number of hydrogen-bond donors (Lipinski definition) is 0. The van der Waals surface area contributed by atoms with Crippen LogP contribution in [0.3, 0.4) is 0 Å². The van der Waals surface area contributed by atoms with Crippen LogP contribution in [0.15, 0.2) is 54.1 Å². The minimum absolute atomic E-state index is 0.134. The Hall–Kier alpha value is -2.79. The van der Waals surface area contributed by atoms with E-state index in [1.54, 1.807) is 0 Å². The number of carbonyl (C=O) groups excluding carboxylic acids is 1. The molecule has 1 aliphatic rings. The van der Waals surface area contributed by atoms with Crippen LogP contribution in [-0.2, 0) is 6.42 Å². The Bertz CT molecular complexity index is 761. The molecule has 1 aliphatic carbocycles. The van der Waals surface area contributed by atoms with Crippen molar-refractivity contribution < 1.29 is 9.53 Å². The number of ketones is 1. The first kappa shape index (κ1) is 14.2. The normalized spacial score (nSPS) is 15.2. The van der Waals surface area contributed by atoms with Gasteiger partial charge in [-0.05, 0) is 42.2 Å². The fraction of sp³-hybridized carbons (Fsp3) is 0.150. The molecule has 0 bridgehead atoms. The lowest BCUT2D eigenvalue weighted by Crippen LogP contribution is -2.13. The first-order valence-electron chi connectivity index (χ1n) is 7.27. The molecule has 0 saturated heterocycles. The minimum atomic E-state index is 0.134. The molecule has 0 aliphatic heterocycles. The number of ether oxygens (including phenoxy) is 1. The number of Topliss-reactive ketones (excluding diaryl/α,β-unsaturated/α-hetero) is 1. The molecule has 0 heterocycles. The summed E-state index contributed by atoms with van der Waals surface area (Å²) in [6.07, 6.45) is 8.82. The second-order valence-corrected chi connectivity index (χ2v) is 5.22. The largest absolute Gasteiger partial charge is 0.481 e. The quantitative estimate of drug-likeness (QED) is 0.632. The molecule has 108 valence electrons. The molecule has 2 nitrogen and oxygen atoms in total. The molecule has 0 spiro atoms. The molecule has 2 aromatic rings. The molecule has 22 heavy (non-hydrogen) atoms. The van der Waals surface area contributed by atoms with E-state index in [1.807, 2.05) is 54.6 Å². The molecule has 0 N–H and O–H groups in total. The van der Waals surface area contributed by atoms with E-state index >= 15 is 0 Å². The van der Waals surface area contributed by atoms with Gasteiger partial charge in [-0.15, -0.1) is 6.42 Å². The van der Waals surface area contributed by atoms with Crippen LogP contribution in [0.4, 0.5) is 0 Å². The van der Waals surface area contributed by atoms with Crippen molar-refractivity contribution in [2.24, 2.45) is 0 Å². The average molecular weight is 288 g/mol. The number of hydrogen-bond acceptors (Lipinski definition) is 2. The molecule has 2 aromatic carbocycles. The Balaban J connectivity index is 1.81. The van der Waals surface area contributed by atoms with E-state index in [0.717, 1.165) is 40.9 Å². The summed E-state index contributed by atoms with van der Waals surface area (Å²) in [6, 6.07) is 15.4. The summed E-state index contributed by atoms with van der Waals surface area (Å²) >= 11 is 0. The minimum Gasteiger partial charge on any atom is -0.481 e. The highest BCUT2D eigenvalue weighted by Gasteiger charge is 2.20. The SMILES string of the molecule is C#CCOc1ccc(C=C2CCc3ccccc3C2=O)cc1. The van der Waals surface area contributed by atoms with Crippen molar-refractivity contribution in [1.82, 2.24) is 0 Å². The predicted octanol–water partition coefficient (Wildman–Crippen LogP) is 3.91. The number of terminal acetylenes is 1. The number of carbonyl (C=O) groups is 1. The molecule has 0 saturated carbocycles. The summed E-state index contributed by atoms with van der Waals surface area (Å²) in [5, 5.41) is 0. The first-order chi connectivity index (χ1) is 10.8. The van der Waals surface area contributed by atoms with Crippen LogP contribution in [0.25, 0.3) is 6.08 Å². The summed E-state index contributed by atoms with van der Waals surface area (Å²) in [5.74, 6) is 3.30. The third kappa shape index (κ3) is 2.94. The topological polar surface area (TPSA) is 26.3 Å². The van der Waals surface area contributed by atoms with E-state index in [9.17, 15) is 4.79 Å². The standard InChI is InChI=1S/C20H16O2/c1-2-13-22-18-11-7-15(8-12-18)14-17-10-9-16-5-3-4-6-19(16)20(17)21/h1,3-8,11-12,14H,9-10,13H2. The van der Waals surface area contributed by atoms with Gasteiger partial charge < -0.3 is 4.74 Å². The molecule has 2 heteroatoms. The lowest BCUT2D eigenvalue weighted by atomic mass is 9.86. The van der Waals surface area contributed by atoms with Crippen molar-refractivity contribution in [2.75, 3.05) is 6.61 Å². The Morgan fingerprint density at radius 1 is 1.09 bits per heavy atom. The summed E-state index contributed by atoms with van der Waals surface area (Å²) < 4.78 is 5.34. The van der Waals surface area contributed by atoms with Gasteiger partial charge in [-0.2, -0.15) is 0 Å². The van der Waals surface area contributed by atoms with Crippen LogP contribution in [0, 0.1) is 12.3 Å². The molecule has 0 amide bonds. The van der Waals surface area contributed by atoms with Crippen molar-refractivity contribution in [1.29, 1.82) is 0 Å². The Morgan fingerprint density at radius 3 is 2.64 bits per heavy atom. The van der Waals surface area contributed by atoms with Gasteiger partial charge in [0.25, 0.3) is 0 Å². The van der Waals surface area contributed by atoms with E-state index in [2.05, 4.69) is 5.92 Å². The first-order valence-corrected chi connectivity index (χ1v) is 7.27. The smallest absolute Gasteiger partial charge is 0.189 e. The lowest BCUT2D eigenvalue weighted by molar-refractivity contribution is 0.102. The molecular weight excluding hydrogens is 272 g/mol. The van der Waals surface area contributed by atoms with Crippen molar-refractivity contribution >= 4 is 11.9 Å². The van der Waals surface area contributed by atoms with Crippen molar-refractivity contribution in [2.45, 2.75) is 12.8 Å². The molecule has 0 radical (unpaired) electrons. The van der Waals surface area contributed by atoms with Gasteiger partial charge in [-0.25, -0.2) is 0 Å². The van der Waals surface area contributed by atoms with Gasteiger partial charge in [0.1, 0.15) is 12.4 Å². The van der Waals surface area contributed by atoms with E-state index < -0.39 is 0 Å². The zero-order valence-electron chi connectivity index (χ0n) is 12.2. The second kappa shape index (κ2) is 6.32. The molecule has 3 rings (SSSR count). The van der Waals surface area contributed by atoms with Crippen LogP contribution in [0.2, 0.25) is 0 Å². The highest BCUT2D eigenvalue weighted by Crippen LogP contribution is 2.26. The zero-order valence-corrected chi connectivity index (χ0v) is 12.2. The van der Waals surface area contributed by atoms with E-state index in [1.165, 1.54) is 0 Å². The van der Waals surface area contributed by atoms with Gasteiger partial charge in [0, 0.05) is 11.1 Å². The van der Waals surface area contributed by atoms with Crippen LogP contribution in [0.5, 0.6) is 5.75 Å². The lowest BCUT2D eigenvalue weighted by Gasteiger charge is -2.17. The van der Waals surface area contributed by atoms with Gasteiger partial charge in [0.05, 0.1) is 0 Å². The van der Waals surface area contributed by atoms with Crippen molar-refractivity contribution in [3.05, 3.63) is 70.8 Å². The van der Waals surface area contributed by atoms with Crippen LogP contribution < -0.4 is 4.74 Å². The predicted molar refractivity (Wildman–Crippen MR) is 87.8 cm³/mol. The Morgan fingerprint density at radius 2 is 1.86 bits per heavy atom. The maximum Gasteiger partial charge on any atom is 0.189 e. The number of rotatable bonds is 3. The Kier molecular flexibility index (Phi) is 4.07. The van der Waals surface area contributed by atoms with Gasteiger partial charge in [-0.3, -0.25) is 4.79 Å². The van der Waals surface area contributed by atoms with Crippen LogP contribution in [-0.4, -0.2) is 12.4 Å². The maximum atomic E-state index is 12.5. The molecule has 0 aromatic heterocycles. The van der Waals surface area contributed by atoms with Gasteiger partial charge >= 0.3 is 0 Å². The second-order valence-electron chi connectivity index (χ2n) is 5.22. The number of benzene rings is 2. The highest BCUT2D eigenvalue weighted by molar-refractivity contribution is 6.13. The van der Waals surface area contributed by atoms with E-state index in [0.29, 0.717) is 0 Å². The van der Waals surface area contributed by atoms with Gasteiger partial charge in [0.15, 0.2) is 5.78 Å². The monoisotopic (exact) mass is 288 g/mol. The number of allylic oxidation sites excluding steroid dienone is 1. The summed E-state index contributed by atoms with van der Waals surface area (Å²) in [5.41, 5.74) is 3.82. The third-order valence-corrected chi connectivity index (χ3v) is 3.76. The summed E-state index contributed by atoms with van der Waals surface area (Å²) in [4.78, 5) is 12.5. The zero-order chi connectivity index (χ0) is 15.4. The van der Waals surface area contributed by atoms with Gasteiger partial charge in [0.2, 0.25) is 0 Å². The fourth-order valence-electron chi connectivity index (χ4n) is 2.64. The van der Waals surface area contributed by atoms with Crippen LogP contribution in [0.1, 0.15) is 27.9 Å². The molecule has 0 atom stereocenters. The van der Waals surface area contributed by atoms with Crippen molar-refractivity contribution in [3.8, 4) is 18.1 Å². The molecule has 0 unspecified atom stereocenters. The number of aryl methyl sites for hydroxylation is 1. The number of fused-ring (bicyclic) bond motifs is 1. The summed E-state index contributed by atoms with van der Waals surface area (Å²) in [7, 11) is 0. The maximum absolute atomic E-state index is 12.5. The van der Waals surface area contributed by atoms with Crippen LogP contribution >= 0.6 is 0 Å². The molecule has 0 fully saturated rings. The average Bonchev–Trinajstić information content (AvgIpc) is 2.57. The van der Waals surface area contributed by atoms with Crippen molar-refractivity contribution in [3.63, 3.8) is 0 Å². The fourth-order valence-corrected chi connectivity index (χ4v) is 2.64. The third-order valence-electron chi connectivity index (χ3n) is 3.76. The van der Waals surface area contributed by atoms with E-state index in [-0.39, 0.29) is 12.4 Å². The van der Waals surface area contributed by atoms with E-state index in [4.69, 9.17) is 11.2 Å².